The van der Waals surface area contributed by atoms with Crippen molar-refractivity contribution in [3.05, 3.63) is 51.8 Å². The molecule has 30 heavy (non-hydrogen) atoms. The molecule has 0 radical (unpaired) electrons. The smallest absolute Gasteiger partial charge is 0.272 e. The van der Waals surface area contributed by atoms with Gasteiger partial charge in [0.05, 0.1) is 6.54 Å². The molecule has 4 saturated carbocycles. The van der Waals surface area contributed by atoms with Crippen LogP contribution >= 0.6 is 11.6 Å². The minimum Gasteiger partial charge on any atom is -0.347 e. The highest BCUT2D eigenvalue weighted by Gasteiger charge is 2.48. The summed E-state index contributed by atoms with van der Waals surface area (Å²) in [4.78, 5) is 13.4. The van der Waals surface area contributed by atoms with Gasteiger partial charge in [-0.2, -0.15) is 5.10 Å². The van der Waals surface area contributed by atoms with Gasteiger partial charge in [-0.1, -0.05) is 23.7 Å². The van der Waals surface area contributed by atoms with Crippen LogP contribution in [0.25, 0.3) is 0 Å². The fourth-order valence-electron chi connectivity index (χ4n) is 7.13. The molecule has 5 heteroatoms. The summed E-state index contributed by atoms with van der Waals surface area (Å²) in [5.74, 6) is 3.30. The van der Waals surface area contributed by atoms with Crippen LogP contribution in [0.1, 0.15) is 72.3 Å². The van der Waals surface area contributed by atoms with E-state index in [1.807, 2.05) is 24.3 Å². The molecule has 4 nitrogen and oxygen atoms in total. The van der Waals surface area contributed by atoms with E-state index in [0.717, 1.165) is 36.1 Å². The van der Waals surface area contributed by atoms with Crippen molar-refractivity contribution in [1.82, 2.24) is 15.1 Å². The standard InChI is InChI=1S/C25H30ClN3O/c26-20-7-5-15(6-8-20)14-29-22-4-2-1-3-21(22)24(28-29)25(30)27-23-18-10-16-9-17(12-18)13-19(23)11-16/h5-8,16-19,23H,1-4,9-14H2,(H,27,30). The van der Waals surface area contributed by atoms with Gasteiger partial charge < -0.3 is 5.32 Å². The molecule has 5 aliphatic carbocycles. The van der Waals surface area contributed by atoms with Crippen molar-refractivity contribution in [3.63, 3.8) is 0 Å². The van der Waals surface area contributed by atoms with E-state index >= 15 is 0 Å². The number of benzene rings is 1. The van der Waals surface area contributed by atoms with Crippen LogP contribution in [-0.4, -0.2) is 21.7 Å². The lowest BCUT2D eigenvalue weighted by molar-refractivity contribution is -0.0120. The van der Waals surface area contributed by atoms with Gasteiger partial charge in [-0.3, -0.25) is 9.48 Å². The Morgan fingerprint density at radius 1 is 1.00 bits per heavy atom. The van der Waals surface area contributed by atoms with Gasteiger partial charge in [-0.05, 0) is 99.2 Å². The summed E-state index contributed by atoms with van der Waals surface area (Å²) >= 11 is 6.04. The molecule has 1 aromatic heterocycles. The minimum absolute atomic E-state index is 0.0699. The topological polar surface area (TPSA) is 46.9 Å². The lowest BCUT2D eigenvalue weighted by atomic mass is 9.54. The second-order valence-electron chi connectivity index (χ2n) is 10.2. The number of carbonyl (C=O) groups is 1. The third-order valence-corrected chi connectivity index (χ3v) is 8.49. The summed E-state index contributed by atoms with van der Waals surface area (Å²) in [6.07, 6.45) is 11.0. The Hall–Kier alpha value is -1.81. The maximum Gasteiger partial charge on any atom is 0.272 e. The molecule has 1 amide bonds. The molecule has 1 N–H and O–H groups in total. The fraction of sp³-hybridized carbons (Fsp3) is 0.600. The number of rotatable bonds is 4. The molecule has 2 aromatic rings. The molecule has 0 atom stereocenters. The van der Waals surface area contributed by atoms with Crippen molar-refractivity contribution in [3.8, 4) is 0 Å². The zero-order valence-electron chi connectivity index (χ0n) is 17.4. The van der Waals surface area contributed by atoms with Crippen molar-refractivity contribution in [2.75, 3.05) is 0 Å². The van der Waals surface area contributed by atoms with Crippen LogP contribution in [-0.2, 0) is 19.4 Å². The normalized spacial score (nSPS) is 31.6. The quantitative estimate of drug-likeness (QED) is 0.750. The molecule has 0 spiro atoms. The Kier molecular flexibility index (Phi) is 4.67. The largest absolute Gasteiger partial charge is 0.347 e. The molecule has 158 valence electrons. The van der Waals surface area contributed by atoms with E-state index < -0.39 is 0 Å². The molecule has 0 saturated heterocycles. The first kappa shape index (κ1) is 18.9. The summed E-state index contributed by atoms with van der Waals surface area (Å²) in [6, 6.07) is 8.31. The van der Waals surface area contributed by atoms with Gasteiger partial charge in [0.2, 0.25) is 0 Å². The molecule has 1 aromatic carbocycles. The number of hydrogen-bond acceptors (Lipinski definition) is 2. The highest BCUT2D eigenvalue weighted by molar-refractivity contribution is 6.30. The van der Waals surface area contributed by atoms with Crippen LogP contribution in [0.15, 0.2) is 24.3 Å². The number of amides is 1. The van der Waals surface area contributed by atoms with E-state index in [2.05, 4.69) is 10.00 Å². The van der Waals surface area contributed by atoms with Crippen LogP contribution in [0.2, 0.25) is 5.02 Å². The number of aromatic nitrogens is 2. The SMILES string of the molecule is O=C(NC1C2CC3CC(C2)CC1C3)c1nn(Cc2ccc(Cl)cc2)c2c1CCCC2. The molecule has 5 aliphatic rings. The minimum atomic E-state index is 0.0699. The first-order valence-corrected chi connectivity index (χ1v) is 12.2. The van der Waals surface area contributed by atoms with E-state index in [0.29, 0.717) is 30.1 Å². The molecule has 0 aliphatic heterocycles. The van der Waals surface area contributed by atoms with E-state index in [4.69, 9.17) is 16.7 Å². The van der Waals surface area contributed by atoms with Crippen LogP contribution in [0.4, 0.5) is 0 Å². The summed E-state index contributed by atoms with van der Waals surface area (Å²) in [5.41, 5.74) is 4.30. The van der Waals surface area contributed by atoms with E-state index in [1.165, 1.54) is 55.3 Å². The van der Waals surface area contributed by atoms with E-state index in [-0.39, 0.29) is 5.91 Å². The first-order chi connectivity index (χ1) is 14.6. The van der Waals surface area contributed by atoms with E-state index in [1.54, 1.807) is 0 Å². The van der Waals surface area contributed by atoms with Crippen molar-refractivity contribution >= 4 is 17.5 Å². The molecule has 4 fully saturated rings. The maximum absolute atomic E-state index is 13.4. The third-order valence-electron chi connectivity index (χ3n) is 8.24. The van der Waals surface area contributed by atoms with Crippen molar-refractivity contribution in [1.29, 1.82) is 0 Å². The Labute approximate surface area is 183 Å². The lowest BCUT2D eigenvalue weighted by Gasteiger charge is -2.54. The van der Waals surface area contributed by atoms with Crippen LogP contribution in [0.3, 0.4) is 0 Å². The Bertz CT molecular complexity index is 936. The number of nitrogens with zero attached hydrogens (tertiary/aromatic N) is 2. The maximum atomic E-state index is 13.4. The van der Waals surface area contributed by atoms with Crippen molar-refractivity contribution in [2.24, 2.45) is 23.7 Å². The zero-order chi connectivity index (χ0) is 20.2. The van der Waals surface area contributed by atoms with Gasteiger partial charge in [0.15, 0.2) is 5.69 Å². The van der Waals surface area contributed by atoms with Crippen LogP contribution < -0.4 is 5.32 Å². The predicted molar refractivity (Wildman–Crippen MR) is 118 cm³/mol. The second kappa shape index (κ2) is 7.40. The number of fused-ring (bicyclic) bond motifs is 1. The van der Waals surface area contributed by atoms with Gasteiger partial charge in [-0.15, -0.1) is 0 Å². The van der Waals surface area contributed by atoms with Crippen LogP contribution in [0, 0.1) is 23.7 Å². The summed E-state index contributed by atoms with van der Waals surface area (Å²) in [5, 5.41) is 9.09. The number of nitrogens with one attached hydrogen (secondary N) is 1. The Morgan fingerprint density at radius 2 is 1.67 bits per heavy atom. The highest BCUT2D eigenvalue weighted by Crippen LogP contribution is 2.53. The highest BCUT2D eigenvalue weighted by atomic mass is 35.5. The van der Waals surface area contributed by atoms with E-state index in [9.17, 15) is 4.79 Å². The lowest BCUT2D eigenvalue weighted by Crippen LogP contribution is -2.56. The third kappa shape index (κ3) is 3.28. The average molecular weight is 424 g/mol. The monoisotopic (exact) mass is 423 g/mol. The van der Waals surface area contributed by atoms with Crippen LogP contribution in [0.5, 0.6) is 0 Å². The van der Waals surface area contributed by atoms with Gasteiger partial charge in [0, 0.05) is 22.3 Å². The predicted octanol–water partition coefficient (Wildman–Crippen LogP) is 5.02. The number of carbonyl (C=O) groups excluding carboxylic acids is 1. The molecular formula is C25H30ClN3O. The zero-order valence-corrected chi connectivity index (χ0v) is 18.2. The fourth-order valence-corrected chi connectivity index (χ4v) is 7.25. The van der Waals surface area contributed by atoms with Gasteiger partial charge >= 0.3 is 0 Å². The van der Waals surface area contributed by atoms with Gasteiger partial charge in [0.25, 0.3) is 5.91 Å². The molecule has 4 bridgehead atoms. The number of hydrogen-bond donors (Lipinski definition) is 1. The summed E-state index contributed by atoms with van der Waals surface area (Å²) < 4.78 is 2.07. The molecular weight excluding hydrogens is 394 g/mol. The van der Waals surface area contributed by atoms with Crippen molar-refractivity contribution in [2.45, 2.75) is 70.4 Å². The van der Waals surface area contributed by atoms with Gasteiger partial charge in [-0.25, -0.2) is 0 Å². The Balaban J connectivity index is 1.25. The average Bonchev–Trinajstić information content (AvgIpc) is 3.10. The molecule has 0 unspecified atom stereocenters. The second-order valence-corrected chi connectivity index (χ2v) is 10.6. The molecule has 7 rings (SSSR count). The number of halogens is 1. The summed E-state index contributed by atoms with van der Waals surface area (Å²) in [7, 11) is 0. The Morgan fingerprint density at radius 3 is 2.37 bits per heavy atom. The first-order valence-electron chi connectivity index (χ1n) is 11.8. The summed E-state index contributed by atoms with van der Waals surface area (Å²) in [6.45, 7) is 0.699. The van der Waals surface area contributed by atoms with Crippen molar-refractivity contribution < 1.29 is 4.79 Å². The molecule has 1 heterocycles. The van der Waals surface area contributed by atoms with Gasteiger partial charge in [0.1, 0.15) is 0 Å².